The third kappa shape index (κ3) is 2.57. The van der Waals surface area contributed by atoms with Crippen LogP contribution >= 0.6 is 12.4 Å². The second-order valence-corrected chi connectivity index (χ2v) is 3.83. The molecule has 1 aliphatic carbocycles. The van der Waals surface area contributed by atoms with Crippen LogP contribution in [0.25, 0.3) is 0 Å². The first-order chi connectivity index (χ1) is 7.26. The minimum Gasteiger partial charge on any atom is -0.467 e. The zero-order valence-corrected chi connectivity index (χ0v) is 10.1. The normalized spacial score (nSPS) is 14.4. The lowest BCUT2D eigenvalue weighted by Crippen LogP contribution is -2.32. The first kappa shape index (κ1) is 13.1. The number of hydrogen-bond donors (Lipinski definition) is 1. The Labute approximate surface area is 101 Å². The Morgan fingerprint density at radius 1 is 1.62 bits per heavy atom. The van der Waals surface area contributed by atoms with Crippen molar-refractivity contribution >= 4 is 18.3 Å². The van der Waals surface area contributed by atoms with Gasteiger partial charge in [0.05, 0.1) is 12.1 Å². The third-order valence-electron chi connectivity index (χ3n) is 2.69. The van der Waals surface area contributed by atoms with Crippen molar-refractivity contribution in [2.75, 3.05) is 6.54 Å². The number of rotatable bonds is 4. The van der Waals surface area contributed by atoms with Gasteiger partial charge < -0.3 is 15.1 Å². The number of furan rings is 1. The Morgan fingerprint density at radius 2 is 2.31 bits per heavy atom. The van der Waals surface area contributed by atoms with Crippen LogP contribution in [0, 0.1) is 0 Å². The smallest absolute Gasteiger partial charge is 0.257 e. The van der Waals surface area contributed by atoms with E-state index in [4.69, 9.17) is 10.2 Å². The molecule has 90 valence electrons. The van der Waals surface area contributed by atoms with E-state index in [1.807, 2.05) is 11.8 Å². The van der Waals surface area contributed by atoms with Gasteiger partial charge in [-0.05, 0) is 25.8 Å². The zero-order valence-electron chi connectivity index (χ0n) is 9.31. The molecule has 16 heavy (non-hydrogen) atoms. The minimum absolute atomic E-state index is 0. The average molecular weight is 245 g/mol. The third-order valence-corrected chi connectivity index (χ3v) is 2.69. The van der Waals surface area contributed by atoms with Gasteiger partial charge in [-0.3, -0.25) is 4.79 Å². The fourth-order valence-corrected chi connectivity index (χ4v) is 1.72. The molecular formula is C11H17ClN2O2. The fraction of sp³-hybridized carbons (Fsp3) is 0.545. The predicted molar refractivity (Wildman–Crippen MR) is 63.6 cm³/mol. The quantitative estimate of drug-likeness (QED) is 0.879. The lowest BCUT2D eigenvalue weighted by Gasteiger charge is -2.19. The van der Waals surface area contributed by atoms with E-state index >= 15 is 0 Å². The molecule has 1 aliphatic rings. The van der Waals surface area contributed by atoms with E-state index in [1.54, 1.807) is 6.07 Å². The molecule has 4 nitrogen and oxygen atoms in total. The van der Waals surface area contributed by atoms with Gasteiger partial charge in [-0.25, -0.2) is 0 Å². The maximum atomic E-state index is 12.0. The van der Waals surface area contributed by atoms with Crippen molar-refractivity contribution in [3.8, 4) is 0 Å². The largest absolute Gasteiger partial charge is 0.467 e. The van der Waals surface area contributed by atoms with Crippen LogP contribution in [0.4, 0.5) is 0 Å². The van der Waals surface area contributed by atoms with E-state index in [0.29, 0.717) is 23.9 Å². The molecule has 0 atom stereocenters. The lowest BCUT2D eigenvalue weighted by atomic mass is 10.2. The Bertz CT molecular complexity index is 361. The van der Waals surface area contributed by atoms with Crippen LogP contribution < -0.4 is 5.73 Å². The van der Waals surface area contributed by atoms with E-state index in [-0.39, 0.29) is 18.3 Å². The van der Waals surface area contributed by atoms with Gasteiger partial charge in [-0.1, -0.05) is 0 Å². The van der Waals surface area contributed by atoms with Crippen LogP contribution in [-0.2, 0) is 6.54 Å². The van der Waals surface area contributed by atoms with Crippen molar-refractivity contribution in [3.05, 3.63) is 23.7 Å². The number of amides is 1. The molecule has 1 saturated carbocycles. The number of carbonyl (C=O) groups excluding carboxylic acids is 1. The van der Waals surface area contributed by atoms with Crippen LogP contribution in [0.3, 0.4) is 0 Å². The van der Waals surface area contributed by atoms with Gasteiger partial charge in [0.2, 0.25) is 0 Å². The van der Waals surface area contributed by atoms with E-state index in [1.165, 1.54) is 6.26 Å². The second-order valence-electron chi connectivity index (χ2n) is 3.83. The van der Waals surface area contributed by atoms with Crippen molar-refractivity contribution in [2.24, 2.45) is 5.73 Å². The Morgan fingerprint density at radius 3 is 2.75 bits per heavy atom. The number of nitrogens with two attached hydrogens (primary N) is 1. The van der Waals surface area contributed by atoms with Crippen LogP contribution in [0.15, 0.2) is 16.7 Å². The van der Waals surface area contributed by atoms with Crippen molar-refractivity contribution in [3.63, 3.8) is 0 Å². The summed E-state index contributed by atoms with van der Waals surface area (Å²) < 4.78 is 5.16. The number of nitrogens with zero attached hydrogens (tertiary/aromatic N) is 1. The molecule has 0 unspecified atom stereocenters. The highest BCUT2D eigenvalue weighted by molar-refractivity contribution is 5.94. The summed E-state index contributed by atoms with van der Waals surface area (Å²) in [5, 5.41) is 0. The summed E-state index contributed by atoms with van der Waals surface area (Å²) in [6.45, 7) is 3.09. The zero-order chi connectivity index (χ0) is 10.8. The van der Waals surface area contributed by atoms with E-state index in [2.05, 4.69) is 0 Å². The Balaban J connectivity index is 0.00000128. The molecular weight excluding hydrogens is 228 g/mol. The number of hydrogen-bond acceptors (Lipinski definition) is 3. The average Bonchev–Trinajstić information content (AvgIpc) is 2.97. The molecule has 1 amide bonds. The van der Waals surface area contributed by atoms with Gasteiger partial charge in [0.15, 0.2) is 0 Å². The molecule has 5 heteroatoms. The fourth-order valence-electron chi connectivity index (χ4n) is 1.72. The molecule has 0 saturated heterocycles. The molecule has 0 aromatic carbocycles. The summed E-state index contributed by atoms with van der Waals surface area (Å²) in [4.78, 5) is 13.9. The standard InChI is InChI=1S/C11H16N2O2.ClH/c1-2-13(9-3-4-9)11(14)8-5-10(6-12)15-7-8;/h5,7,9H,2-4,6,12H2,1H3;1H. The highest BCUT2D eigenvalue weighted by atomic mass is 35.5. The van der Waals surface area contributed by atoms with Crippen LogP contribution in [0.1, 0.15) is 35.9 Å². The summed E-state index contributed by atoms with van der Waals surface area (Å²) in [5.41, 5.74) is 6.04. The molecule has 1 heterocycles. The summed E-state index contributed by atoms with van der Waals surface area (Å²) in [5.74, 6) is 0.716. The molecule has 2 rings (SSSR count). The summed E-state index contributed by atoms with van der Waals surface area (Å²) in [7, 11) is 0. The maximum Gasteiger partial charge on any atom is 0.257 e. The van der Waals surface area contributed by atoms with Gasteiger partial charge >= 0.3 is 0 Å². The highest BCUT2D eigenvalue weighted by Crippen LogP contribution is 2.28. The van der Waals surface area contributed by atoms with Gasteiger partial charge in [-0.2, -0.15) is 0 Å². The SMILES string of the molecule is CCN(C(=O)c1coc(CN)c1)C1CC1.Cl. The Kier molecular flexibility index (Phi) is 4.38. The molecule has 1 fully saturated rings. The molecule has 0 aliphatic heterocycles. The van der Waals surface area contributed by atoms with Gasteiger partial charge in [0.25, 0.3) is 5.91 Å². The van der Waals surface area contributed by atoms with Crippen LogP contribution in [0.2, 0.25) is 0 Å². The van der Waals surface area contributed by atoms with Gasteiger partial charge in [0, 0.05) is 12.6 Å². The van der Waals surface area contributed by atoms with Crippen molar-refractivity contribution in [2.45, 2.75) is 32.4 Å². The molecule has 1 aromatic rings. The van der Waals surface area contributed by atoms with Crippen molar-refractivity contribution in [1.82, 2.24) is 4.90 Å². The number of carbonyl (C=O) groups is 1. The van der Waals surface area contributed by atoms with Crippen molar-refractivity contribution in [1.29, 1.82) is 0 Å². The van der Waals surface area contributed by atoms with Gasteiger partial charge in [0.1, 0.15) is 12.0 Å². The van der Waals surface area contributed by atoms with Crippen LogP contribution in [-0.4, -0.2) is 23.4 Å². The van der Waals surface area contributed by atoms with E-state index in [0.717, 1.165) is 19.4 Å². The molecule has 0 spiro atoms. The number of halogens is 1. The predicted octanol–water partition coefficient (Wildman–Crippen LogP) is 1.78. The highest BCUT2D eigenvalue weighted by Gasteiger charge is 2.32. The maximum absolute atomic E-state index is 12.0. The lowest BCUT2D eigenvalue weighted by molar-refractivity contribution is 0.0752. The molecule has 0 bridgehead atoms. The van der Waals surface area contributed by atoms with E-state index in [9.17, 15) is 4.79 Å². The van der Waals surface area contributed by atoms with E-state index < -0.39 is 0 Å². The van der Waals surface area contributed by atoms with Crippen LogP contribution in [0.5, 0.6) is 0 Å². The first-order valence-electron chi connectivity index (χ1n) is 5.34. The van der Waals surface area contributed by atoms with Crippen molar-refractivity contribution < 1.29 is 9.21 Å². The van der Waals surface area contributed by atoms with Gasteiger partial charge in [-0.15, -0.1) is 12.4 Å². The summed E-state index contributed by atoms with van der Waals surface area (Å²) in [6, 6.07) is 2.17. The first-order valence-corrected chi connectivity index (χ1v) is 5.34. The summed E-state index contributed by atoms with van der Waals surface area (Å²) in [6.07, 6.45) is 3.75. The Hall–Kier alpha value is -1.00. The molecule has 2 N–H and O–H groups in total. The molecule has 1 aromatic heterocycles. The molecule has 0 radical (unpaired) electrons. The second kappa shape index (κ2) is 5.37. The summed E-state index contributed by atoms with van der Waals surface area (Å²) >= 11 is 0. The topological polar surface area (TPSA) is 59.5 Å². The monoisotopic (exact) mass is 244 g/mol. The minimum atomic E-state index is 0.